The summed E-state index contributed by atoms with van der Waals surface area (Å²) in [6.45, 7) is -1.29. The molecule has 1 aliphatic carbocycles. The van der Waals surface area contributed by atoms with Crippen LogP contribution >= 0.6 is 0 Å². The summed E-state index contributed by atoms with van der Waals surface area (Å²) < 4.78 is 52.4. The van der Waals surface area contributed by atoms with E-state index in [9.17, 15) is 22.0 Å². The molecule has 1 atom stereocenters. The van der Waals surface area contributed by atoms with Crippen molar-refractivity contribution in [3.63, 3.8) is 0 Å². The van der Waals surface area contributed by atoms with Crippen LogP contribution in [0.3, 0.4) is 0 Å². The Morgan fingerprint density at radius 1 is 1.28 bits per heavy atom. The molecule has 1 unspecified atom stereocenters. The molecule has 0 N–H and O–H groups in total. The highest BCUT2D eigenvalue weighted by Crippen LogP contribution is 2.38. The summed E-state index contributed by atoms with van der Waals surface area (Å²) in [5.41, 5.74) is 2.42. The summed E-state index contributed by atoms with van der Waals surface area (Å²) in [7, 11) is -4.15. The van der Waals surface area contributed by atoms with Crippen LogP contribution in [0, 0.1) is 0 Å². The standard InChI is InChI=1S/C18H17F2N5O3S/c19-18(20)9-25(10-18)29(27,28)16-12-8-24(6-5-14(12)22-23-16)17(26)15-7-11-3-1-2-4-13(11)21-15/h1-3,7,14H,4-6,8-10H2. The predicted octanol–water partition coefficient (Wildman–Crippen LogP) is 1.77. The number of amides is 1. The van der Waals surface area contributed by atoms with Gasteiger partial charge in [-0.2, -0.15) is 9.42 Å². The summed E-state index contributed by atoms with van der Waals surface area (Å²) in [6, 6.07) is -0.441. The van der Waals surface area contributed by atoms with Gasteiger partial charge in [-0.15, -0.1) is 5.11 Å². The number of azo groups is 1. The van der Waals surface area contributed by atoms with Crippen LogP contribution in [0.1, 0.15) is 12.8 Å². The molecule has 152 valence electrons. The molecular weight excluding hydrogens is 404 g/mol. The number of aliphatic imine (C=N–C) groups is 1. The highest BCUT2D eigenvalue weighted by molar-refractivity contribution is 7.93. The van der Waals surface area contributed by atoms with E-state index in [2.05, 4.69) is 15.2 Å². The Kier molecular flexibility index (Phi) is 3.97. The van der Waals surface area contributed by atoms with Crippen LogP contribution in [-0.4, -0.2) is 67.4 Å². The molecule has 2 saturated heterocycles. The molecule has 2 fully saturated rings. The van der Waals surface area contributed by atoms with Crippen molar-refractivity contribution in [2.24, 2.45) is 15.2 Å². The van der Waals surface area contributed by atoms with Gasteiger partial charge in [0.1, 0.15) is 5.70 Å². The molecular formula is C18H17F2N5O3S. The monoisotopic (exact) mass is 421 g/mol. The number of halogens is 2. The average Bonchev–Trinajstić information content (AvgIpc) is 3.29. The van der Waals surface area contributed by atoms with E-state index in [4.69, 9.17) is 0 Å². The van der Waals surface area contributed by atoms with Gasteiger partial charge in [-0.3, -0.25) is 4.79 Å². The van der Waals surface area contributed by atoms with Crippen molar-refractivity contribution in [1.82, 2.24) is 9.21 Å². The van der Waals surface area contributed by atoms with Crippen molar-refractivity contribution in [2.75, 3.05) is 26.2 Å². The normalized spacial score (nSPS) is 27.9. The Bertz CT molecular complexity index is 1090. The summed E-state index contributed by atoms with van der Waals surface area (Å²) in [5.74, 6) is -3.31. The van der Waals surface area contributed by atoms with Crippen molar-refractivity contribution < 1.29 is 22.0 Å². The number of alkyl halides is 2. The number of hydrogen-bond acceptors (Lipinski definition) is 6. The molecule has 5 rings (SSSR count). The lowest BCUT2D eigenvalue weighted by Gasteiger charge is -2.37. The van der Waals surface area contributed by atoms with Crippen LogP contribution in [0.25, 0.3) is 0 Å². The summed E-state index contributed by atoms with van der Waals surface area (Å²) in [6.07, 6.45) is 8.57. The SMILES string of the molecule is O=C(C1=CC2=CC=CCC2=N1)N1CCC2N=NC(S(=O)(=O)N3CC(F)(F)C3)=C2C1. The maximum atomic E-state index is 13.1. The van der Waals surface area contributed by atoms with E-state index in [-0.39, 0.29) is 17.5 Å². The van der Waals surface area contributed by atoms with Crippen LogP contribution in [0.2, 0.25) is 0 Å². The Hall–Kier alpha value is -2.53. The number of hydrogen-bond donors (Lipinski definition) is 0. The number of sulfonamides is 1. The highest BCUT2D eigenvalue weighted by Gasteiger charge is 2.52. The Labute approximate surface area is 165 Å². The second-order valence-corrected chi connectivity index (χ2v) is 9.40. The van der Waals surface area contributed by atoms with Gasteiger partial charge < -0.3 is 4.90 Å². The number of piperidine rings is 1. The number of carbonyl (C=O) groups is 1. The molecule has 0 spiro atoms. The van der Waals surface area contributed by atoms with Gasteiger partial charge in [0.25, 0.3) is 21.9 Å². The third-order valence-electron chi connectivity index (χ3n) is 5.51. The van der Waals surface area contributed by atoms with Gasteiger partial charge in [-0.1, -0.05) is 18.2 Å². The number of rotatable bonds is 3. The zero-order chi connectivity index (χ0) is 20.4. The van der Waals surface area contributed by atoms with E-state index in [1.807, 2.05) is 18.2 Å². The molecule has 0 aromatic carbocycles. The number of fused-ring (bicyclic) bond motifs is 2. The molecule has 8 nitrogen and oxygen atoms in total. The van der Waals surface area contributed by atoms with Crippen LogP contribution in [0.15, 0.2) is 61.4 Å². The van der Waals surface area contributed by atoms with E-state index in [0.717, 1.165) is 11.3 Å². The minimum absolute atomic E-state index is 0.0365. The summed E-state index contributed by atoms with van der Waals surface area (Å²) >= 11 is 0. The summed E-state index contributed by atoms with van der Waals surface area (Å²) in [5, 5.41) is 7.48. The molecule has 0 radical (unpaired) electrons. The maximum absolute atomic E-state index is 13.1. The van der Waals surface area contributed by atoms with Gasteiger partial charge in [-0.25, -0.2) is 22.2 Å². The second kappa shape index (κ2) is 6.23. The molecule has 0 aromatic heterocycles. The van der Waals surface area contributed by atoms with Crippen molar-refractivity contribution in [2.45, 2.75) is 24.8 Å². The Morgan fingerprint density at radius 2 is 2.07 bits per heavy atom. The van der Waals surface area contributed by atoms with Crippen LogP contribution in [0.4, 0.5) is 8.78 Å². The minimum Gasteiger partial charge on any atom is -0.333 e. The smallest absolute Gasteiger partial charge is 0.275 e. The number of allylic oxidation sites excluding steroid dienone is 5. The molecule has 0 aromatic rings. The van der Waals surface area contributed by atoms with E-state index < -0.39 is 35.1 Å². The van der Waals surface area contributed by atoms with Gasteiger partial charge in [0, 0.05) is 25.1 Å². The lowest BCUT2D eigenvalue weighted by molar-refractivity contribution is -0.127. The van der Waals surface area contributed by atoms with Gasteiger partial charge >= 0.3 is 0 Å². The van der Waals surface area contributed by atoms with E-state index in [0.29, 0.717) is 35.0 Å². The average molecular weight is 421 g/mol. The molecule has 29 heavy (non-hydrogen) atoms. The van der Waals surface area contributed by atoms with E-state index >= 15 is 0 Å². The fourth-order valence-corrected chi connectivity index (χ4v) is 5.57. The van der Waals surface area contributed by atoms with E-state index in [1.165, 1.54) is 4.90 Å². The topological polar surface area (TPSA) is 94.8 Å². The second-order valence-electron chi connectivity index (χ2n) is 7.55. The van der Waals surface area contributed by atoms with Gasteiger partial charge in [0.2, 0.25) is 0 Å². The highest BCUT2D eigenvalue weighted by atomic mass is 32.2. The number of likely N-dealkylation sites (tertiary alicyclic amines) is 1. The minimum atomic E-state index is -4.15. The molecule has 0 bridgehead atoms. The summed E-state index contributed by atoms with van der Waals surface area (Å²) in [4.78, 5) is 18.9. The fourth-order valence-electron chi connectivity index (χ4n) is 3.92. The van der Waals surface area contributed by atoms with Gasteiger partial charge in [0.05, 0.1) is 24.8 Å². The lowest BCUT2D eigenvalue weighted by Crippen LogP contribution is -2.58. The van der Waals surface area contributed by atoms with Gasteiger partial charge in [0.15, 0.2) is 5.03 Å². The van der Waals surface area contributed by atoms with Crippen LogP contribution in [-0.2, 0) is 14.8 Å². The molecule has 1 amide bonds. The van der Waals surface area contributed by atoms with E-state index in [1.54, 1.807) is 6.08 Å². The third kappa shape index (κ3) is 2.99. The zero-order valence-electron chi connectivity index (χ0n) is 15.3. The third-order valence-corrected chi connectivity index (χ3v) is 7.28. The Morgan fingerprint density at radius 3 is 2.79 bits per heavy atom. The maximum Gasteiger partial charge on any atom is 0.275 e. The zero-order valence-corrected chi connectivity index (χ0v) is 16.1. The van der Waals surface area contributed by atoms with Crippen molar-refractivity contribution >= 4 is 21.6 Å². The molecule has 0 saturated carbocycles. The molecule has 5 aliphatic rings. The van der Waals surface area contributed by atoms with Crippen molar-refractivity contribution in [3.8, 4) is 0 Å². The molecule has 4 aliphatic heterocycles. The molecule has 4 heterocycles. The quantitative estimate of drug-likeness (QED) is 0.695. The first-order valence-electron chi connectivity index (χ1n) is 9.22. The van der Waals surface area contributed by atoms with Gasteiger partial charge in [-0.05, 0) is 18.1 Å². The first-order valence-corrected chi connectivity index (χ1v) is 10.7. The first kappa shape index (κ1) is 18.5. The van der Waals surface area contributed by atoms with Crippen molar-refractivity contribution in [3.05, 3.63) is 46.2 Å². The Balaban J connectivity index is 1.38. The fraction of sp³-hybridized carbons (Fsp3) is 0.444. The van der Waals surface area contributed by atoms with Crippen LogP contribution < -0.4 is 0 Å². The van der Waals surface area contributed by atoms with Crippen molar-refractivity contribution in [1.29, 1.82) is 0 Å². The predicted molar refractivity (Wildman–Crippen MR) is 99.7 cm³/mol. The first-order chi connectivity index (χ1) is 13.7. The van der Waals surface area contributed by atoms with Crippen LogP contribution in [0.5, 0.6) is 0 Å². The number of carbonyl (C=O) groups excluding carboxylic acids is 1. The lowest BCUT2D eigenvalue weighted by atomic mass is 10.0. The number of nitrogens with zero attached hydrogens (tertiary/aromatic N) is 5. The molecule has 11 heteroatoms. The largest absolute Gasteiger partial charge is 0.333 e.